The molecule has 0 radical (unpaired) electrons. The molecule has 0 atom stereocenters. The fourth-order valence-electron chi connectivity index (χ4n) is 2.78. The van der Waals surface area contributed by atoms with E-state index in [0.717, 1.165) is 5.69 Å². The monoisotopic (exact) mass is 396 g/mol. The highest BCUT2D eigenvalue weighted by Gasteiger charge is 2.16. The molecule has 1 aromatic heterocycles. The van der Waals surface area contributed by atoms with Crippen LogP contribution in [0.25, 0.3) is 5.69 Å². The summed E-state index contributed by atoms with van der Waals surface area (Å²) in [5.41, 5.74) is 8.43. The predicted octanol–water partition coefficient (Wildman–Crippen LogP) is 3.93. The van der Waals surface area contributed by atoms with E-state index in [2.05, 4.69) is 16.5 Å². The van der Waals surface area contributed by atoms with E-state index in [1.807, 2.05) is 30.3 Å². The number of nitrogens with one attached hydrogen (secondary N) is 1. The smallest absolute Gasteiger partial charge is 0.271 e. The minimum atomic E-state index is -0.494. The number of nitrogens with zero attached hydrogens (tertiary/aromatic N) is 4. The number of aryl methyl sites for hydroxylation is 1. The van der Waals surface area contributed by atoms with Crippen LogP contribution < -0.4 is 11.1 Å². The van der Waals surface area contributed by atoms with Crippen molar-refractivity contribution in [3.63, 3.8) is 0 Å². The molecule has 9 heteroatoms. The summed E-state index contributed by atoms with van der Waals surface area (Å²) in [7, 11) is 0. The maximum absolute atomic E-state index is 10.8. The fraction of sp³-hybridized carbons (Fsp3) is 0.158. The molecule has 8 nitrogen and oxygen atoms in total. The zero-order valence-electron chi connectivity index (χ0n) is 14.8. The fourth-order valence-corrected chi connectivity index (χ4v) is 3.02. The van der Waals surface area contributed by atoms with Crippen molar-refractivity contribution in [2.24, 2.45) is 0 Å². The number of hydrogen-bond acceptors (Lipinski definition) is 6. The molecular weight excluding hydrogens is 380 g/mol. The first-order chi connectivity index (χ1) is 13.5. The third-order valence-electron chi connectivity index (χ3n) is 4.18. The van der Waals surface area contributed by atoms with E-state index in [-0.39, 0.29) is 10.7 Å². The van der Waals surface area contributed by atoms with E-state index in [0.29, 0.717) is 42.1 Å². The van der Waals surface area contributed by atoms with Gasteiger partial charge >= 0.3 is 0 Å². The minimum absolute atomic E-state index is 0.0591. The average Bonchev–Trinajstić information content (AvgIpc) is 3.02. The first kappa shape index (κ1) is 19.2. The first-order valence-corrected chi connectivity index (χ1v) is 8.89. The van der Waals surface area contributed by atoms with Gasteiger partial charge in [0.25, 0.3) is 5.69 Å². The van der Waals surface area contributed by atoms with E-state index in [1.54, 1.807) is 10.7 Å². The number of anilines is 2. The lowest BCUT2D eigenvalue weighted by Crippen LogP contribution is -2.05. The zero-order chi connectivity index (χ0) is 20.1. The molecule has 142 valence electrons. The molecule has 3 rings (SSSR count). The molecule has 2 aromatic carbocycles. The Hall–Kier alpha value is -3.57. The third kappa shape index (κ3) is 4.05. The van der Waals surface area contributed by atoms with Crippen molar-refractivity contribution in [1.29, 1.82) is 5.26 Å². The van der Waals surface area contributed by atoms with Crippen molar-refractivity contribution < 1.29 is 4.92 Å². The van der Waals surface area contributed by atoms with Crippen LogP contribution in [0.5, 0.6) is 0 Å². The second-order valence-electron chi connectivity index (χ2n) is 6.02. The largest absolute Gasteiger partial charge is 0.384 e. The van der Waals surface area contributed by atoms with Crippen LogP contribution in [0.3, 0.4) is 0 Å². The average molecular weight is 397 g/mol. The Kier molecular flexibility index (Phi) is 5.77. The number of para-hydroxylation sites is 1. The number of halogens is 1. The Morgan fingerprint density at radius 1 is 1.29 bits per heavy atom. The normalized spacial score (nSPS) is 10.4. The molecule has 3 N–H and O–H groups in total. The van der Waals surface area contributed by atoms with Crippen molar-refractivity contribution >= 4 is 28.8 Å². The Bertz CT molecular complexity index is 1040. The van der Waals surface area contributed by atoms with E-state index >= 15 is 0 Å². The topological polar surface area (TPSA) is 123 Å². The van der Waals surface area contributed by atoms with Gasteiger partial charge in [-0.2, -0.15) is 10.4 Å². The van der Waals surface area contributed by atoms with Crippen LogP contribution in [-0.2, 0) is 6.42 Å². The Morgan fingerprint density at radius 3 is 2.68 bits per heavy atom. The molecule has 28 heavy (non-hydrogen) atoms. The summed E-state index contributed by atoms with van der Waals surface area (Å²) in [6, 6.07) is 15.8. The van der Waals surface area contributed by atoms with Gasteiger partial charge in [-0.15, -0.1) is 0 Å². The van der Waals surface area contributed by atoms with Crippen LogP contribution in [0.15, 0.2) is 48.5 Å². The predicted molar refractivity (Wildman–Crippen MR) is 108 cm³/mol. The van der Waals surface area contributed by atoms with Gasteiger partial charge in [-0.3, -0.25) is 10.1 Å². The molecule has 0 amide bonds. The van der Waals surface area contributed by atoms with E-state index in [4.69, 9.17) is 17.3 Å². The number of non-ortho nitro benzene ring substituents is 1. The van der Waals surface area contributed by atoms with Gasteiger partial charge in [-0.1, -0.05) is 29.8 Å². The Labute approximate surface area is 166 Å². The molecule has 0 saturated carbocycles. The second-order valence-corrected chi connectivity index (χ2v) is 6.42. The van der Waals surface area contributed by atoms with Gasteiger partial charge in [0.2, 0.25) is 0 Å². The van der Waals surface area contributed by atoms with Crippen LogP contribution in [0.2, 0.25) is 5.02 Å². The van der Waals surface area contributed by atoms with Crippen LogP contribution >= 0.6 is 11.6 Å². The second kappa shape index (κ2) is 8.41. The number of aromatic nitrogens is 2. The van der Waals surface area contributed by atoms with E-state index in [1.165, 1.54) is 12.1 Å². The molecule has 0 spiro atoms. The lowest BCUT2D eigenvalue weighted by Gasteiger charge is -2.07. The summed E-state index contributed by atoms with van der Waals surface area (Å²) in [5, 5.41) is 28.1. The minimum Gasteiger partial charge on any atom is -0.384 e. The highest BCUT2D eigenvalue weighted by Crippen LogP contribution is 2.27. The quantitative estimate of drug-likeness (QED) is 0.354. The van der Waals surface area contributed by atoms with Crippen molar-refractivity contribution in [3.8, 4) is 11.8 Å². The summed E-state index contributed by atoms with van der Waals surface area (Å²) in [6.07, 6.45) is 1.22. The molecule has 0 saturated heterocycles. The Balaban J connectivity index is 1.66. The number of hydrogen-bond donors (Lipinski definition) is 2. The first-order valence-electron chi connectivity index (χ1n) is 8.52. The third-order valence-corrected chi connectivity index (χ3v) is 4.49. The summed E-state index contributed by atoms with van der Waals surface area (Å²) < 4.78 is 1.56. The van der Waals surface area contributed by atoms with Gasteiger partial charge in [0.15, 0.2) is 0 Å². The van der Waals surface area contributed by atoms with Gasteiger partial charge in [-0.25, -0.2) is 4.68 Å². The standard InChI is InChI=1S/C19H17ClN6O2/c20-16-11-14(26(27)28)8-9-18(16)23-10-4-7-17-15(12-21)19(22)25(24-17)13-5-2-1-3-6-13/h1-3,5-6,8-9,11,23H,4,7,10,22H2. The van der Waals surface area contributed by atoms with E-state index in [9.17, 15) is 15.4 Å². The number of nitrogens with two attached hydrogens (primary N) is 1. The highest BCUT2D eigenvalue weighted by atomic mass is 35.5. The summed E-state index contributed by atoms with van der Waals surface area (Å²) in [6.45, 7) is 0.556. The van der Waals surface area contributed by atoms with Gasteiger partial charge in [0.05, 0.1) is 27.0 Å². The molecule has 3 aromatic rings. The lowest BCUT2D eigenvalue weighted by molar-refractivity contribution is -0.384. The molecule has 0 fully saturated rings. The van der Waals surface area contributed by atoms with Gasteiger partial charge in [0, 0.05) is 18.7 Å². The zero-order valence-corrected chi connectivity index (χ0v) is 15.6. The molecule has 0 aliphatic heterocycles. The summed E-state index contributed by atoms with van der Waals surface area (Å²) >= 11 is 6.07. The van der Waals surface area contributed by atoms with Crippen LogP contribution in [0.1, 0.15) is 17.7 Å². The number of rotatable bonds is 7. The van der Waals surface area contributed by atoms with Crippen LogP contribution in [0, 0.1) is 21.4 Å². The number of nitrogen functional groups attached to an aromatic ring is 1. The maximum Gasteiger partial charge on any atom is 0.271 e. The molecule has 0 bridgehead atoms. The molecule has 0 aliphatic carbocycles. The highest BCUT2D eigenvalue weighted by molar-refractivity contribution is 6.33. The number of nitro benzene ring substituents is 1. The molecule has 0 unspecified atom stereocenters. The number of nitro groups is 1. The summed E-state index contributed by atoms with van der Waals surface area (Å²) in [5.74, 6) is 0.315. The lowest BCUT2D eigenvalue weighted by atomic mass is 10.1. The van der Waals surface area contributed by atoms with Crippen LogP contribution in [0.4, 0.5) is 17.2 Å². The van der Waals surface area contributed by atoms with Crippen molar-refractivity contribution in [2.75, 3.05) is 17.6 Å². The van der Waals surface area contributed by atoms with Crippen molar-refractivity contribution in [2.45, 2.75) is 12.8 Å². The SMILES string of the molecule is N#Cc1c(CCCNc2ccc([N+](=O)[O-])cc2Cl)nn(-c2ccccc2)c1N. The molecule has 0 aliphatic rings. The Morgan fingerprint density at radius 2 is 2.04 bits per heavy atom. The van der Waals surface area contributed by atoms with Crippen LogP contribution in [-0.4, -0.2) is 21.2 Å². The van der Waals surface area contributed by atoms with Gasteiger partial charge in [-0.05, 0) is 31.0 Å². The number of nitriles is 1. The molecular formula is C19H17ClN6O2. The van der Waals surface area contributed by atoms with Gasteiger partial charge < -0.3 is 11.1 Å². The van der Waals surface area contributed by atoms with Crippen molar-refractivity contribution in [1.82, 2.24) is 9.78 Å². The molecule has 1 heterocycles. The van der Waals surface area contributed by atoms with Crippen molar-refractivity contribution in [3.05, 3.63) is 74.9 Å². The maximum atomic E-state index is 10.8. The van der Waals surface area contributed by atoms with E-state index < -0.39 is 4.92 Å². The number of benzene rings is 2. The summed E-state index contributed by atoms with van der Waals surface area (Å²) in [4.78, 5) is 10.3. The van der Waals surface area contributed by atoms with Gasteiger partial charge in [0.1, 0.15) is 17.5 Å².